The van der Waals surface area contributed by atoms with Gasteiger partial charge in [-0.25, -0.2) is 4.79 Å². The number of urea groups is 1. The van der Waals surface area contributed by atoms with E-state index in [2.05, 4.69) is 19.2 Å². The molecule has 2 unspecified atom stereocenters. The number of nitrogens with zero attached hydrogens (tertiary/aromatic N) is 1. The highest BCUT2D eigenvalue weighted by molar-refractivity contribution is 5.82. The molecule has 5 nitrogen and oxygen atoms in total. The number of carbonyl (C=O) groups excluding carboxylic acids is 1. The second kappa shape index (κ2) is 5.18. The number of likely N-dealkylation sites (tertiary alicyclic amines) is 1. The Morgan fingerprint density at radius 3 is 2.50 bits per heavy atom. The number of hydrogen-bond donors (Lipinski definition) is 2. The minimum atomic E-state index is -1.01. The topological polar surface area (TPSA) is 69.6 Å². The smallest absolute Gasteiger partial charge is 0.325 e. The Balaban J connectivity index is 2.46. The molecule has 1 aliphatic heterocycles. The van der Waals surface area contributed by atoms with Crippen molar-refractivity contribution in [3.8, 4) is 0 Å². The summed E-state index contributed by atoms with van der Waals surface area (Å²) in [7, 11) is 0. The molecule has 0 bridgehead atoms. The number of aliphatic carboxylic acids is 1. The first-order valence-electron chi connectivity index (χ1n) is 5.70. The molecule has 0 aromatic carbocycles. The first-order chi connectivity index (χ1) is 7.41. The molecule has 0 aromatic rings. The van der Waals surface area contributed by atoms with Crippen LogP contribution in [0.3, 0.4) is 0 Å². The minimum Gasteiger partial charge on any atom is -0.480 e. The van der Waals surface area contributed by atoms with Crippen LogP contribution in [0.2, 0.25) is 0 Å². The molecule has 2 N–H and O–H groups in total. The second-order valence-electron chi connectivity index (χ2n) is 4.70. The number of carboxylic acids is 1. The summed E-state index contributed by atoms with van der Waals surface area (Å²) < 4.78 is 0. The van der Waals surface area contributed by atoms with Gasteiger partial charge >= 0.3 is 12.0 Å². The van der Waals surface area contributed by atoms with E-state index in [0.717, 1.165) is 6.42 Å². The molecule has 0 saturated carbocycles. The van der Waals surface area contributed by atoms with Gasteiger partial charge in [0, 0.05) is 13.1 Å². The molecule has 1 fully saturated rings. The molecule has 0 aliphatic carbocycles. The van der Waals surface area contributed by atoms with E-state index < -0.39 is 12.0 Å². The molecule has 3 atom stereocenters. The van der Waals surface area contributed by atoms with Gasteiger partial charge in [-0.3, -0.25) is 4.79 Å². The zero-order valence-electron chi connectivity index (χ0n) is 10.1. The lowest BCUT2D eigenvalue weighted by molar-refractivity contribution is -0.138. The van der Waals surface area contributed by atoms with Gasteiger partial charge in [-0.15, -0.1) is 0 Å². The van der Waals surface area contributed by atoms with Crippen molar-refractivity contribution >= 4 is 12.0 Å². The highest BCUT2D eigenvalue weighted by atomic mass is 16.4. The van der Waals surface area contributed by atoms with Crippen molar-refractivity contribution in [3.05, 3.63) is 0 Å². The summed E-state index contributed by atoms with van der Waals surface area (Å²) in [6.07, 6.45) is 0.982. The maximum atomic E-state index is 11.7. The SMILES string of the molecule is CC1CCN(C(=O)N[C@@H](C)C(=O)O)CC1C. The first kappa shape index (κ1) is 12.8. The first-order valence-corrected chi connectivity index (χ1v) is 5.70. The standard InChI is InChI=1S/C11H20N2O3/c1-7-4-5-13(6-8(7)2)11(16)12-9(3)10(14)15/h7-9H,4-6H2,1-3H3,(H,12,16)(H,14,15)/t7?,8?,9-/m0/s1. The van der Waals surface area contributed by atoms with Crippen LogP contribution >= 0.6 is 0 Å². The molecule has 1 aliphatic rings. The number of piperidine rings is 1. The number of hydrogen-bond acceptors (Lipinski definition) is 2. The van der Waals surface area contributed by atoms with Gasteiger partial charge in [0.1, 0.15) is 6.04 Å². The Morgan fingerprint density at radius 1 is 1.38 bits per heavy atom. The molecule has 16 heavy (non-hydrogen) atoms. The fraction of sp³-hybridized carbons (Fsp3) is 0.818. The van der Waals surface area contributed by atoms with Crippen LogP contribution in [0.5, 0.6) is 0 Å². The summed E-state index contributed by atoms with van der Waals surface area (Å²) in [5, 5.41) is 11.2. The summed E-state index contributed by atoms with van der Waals surface area (Å²) >= 11 is 0. The number of carbonyl (C=O) groups is 2. The van der Waals surface area contributed by atoms with E-state index in [0.29, 0.717) is 24.9 Å². The lowest BCUT2D eigenvalue weighted by Gasteiger charge is -2.35. The molecular formula is C11H20N2O3. The summed E-state index contributed by atoms with van der Waals surface area (Å²) in [6, 6.07) is -1.10. The van der Waals surface area contributed by atoms with Crippen LogP contribution in [0.15, 0.2) is 0 Å². The molecular weight excluding hydrogens is 208 g/mol. The fourth-order valence-corrected chi connectivity index (χ4v) is 1.79. The van der Waals surface area contributed by atoms with Crippen molar-refractivity contribution in [1.82, 2.24) is 10.2 Å². The van der Waals surface area contributed by atoms with E-state index in [4.69, 9.17) is 5.11 Å². The summed E-state index contributed by atoms with van der Waals surface area (Å²) in [5.74, 6) is 0.0901. The van der Waals surface area contributed by atoms with Gasteiger partial charge in [-0.05, 0) is 25.2 Å². The van der Waals surface area contributed by atoms with Gasteiger partial charge in [0.2, 0.25) is 0 Å². The maximum Gasteiger partial charge on any atom is 0.325 e. The molecule has 0 aromatic heterocycles. The second-order valence-corrected chi connectivity index (χ2v) is 4.70. The monoisotopic (exact) mass is 228 g/mol. The van der Waals surface area contributed by atoms with E-state index in [9.17, 15) is 9.59 Å². The normalized spacial score (nSPS) is 27.3. The number of amides is 2. The van der Waals surface area contributed by atoms with E-state index in [1.165, 1.54) is 6.92 Å². The fourth-order valence-electron chi connectivity index (χ4n) is 1.79. The Labute approximate surface area is 95.8 Å². The van der Waals surface area contributed by atoms with Crippen LogP contribution in [0.4, 0.5) is 4.79 Å². The summed E-state index contributed by atoms with van der Waals surface area (Å²) in [6.45, 7) is 7.18. The van der Waals surface area contributed by atoms with Crippen LogP contribution in [-0.2, 0) is 4.79 Å². The molecule has 2 amide bonds. The molecule has 92 valence electrons. The Hall–Kier alpha value is -1.26. The van der Waals surface area contributed by atoms with Gasteiger partial charge in [0.15, 0.2) is 0 Å². The van der Waals surface area contributed by atoms with Crippen molar-refractivity contribution in [1.29, 1.82) is 0 Å². The minimum absolute atomic E-state index is 0.270. The predicted octanol–water partition coefficient (Wildman–Crippen LogP) is 1.15. The van der Waals surface area contributed by atoms with Gasteiger partial charge in [-0.2, -0.15) is 0 Å². The third kappa shape index (κ3) is 3.12. The van der Waals surface area contributed by atoms with Crippen molar-refractivity contribution in [2.24, 2.45) is 11.8 Å². The molecule has 5 heteroatoms. The third-order valence-electron chi connectivity index (χ3n) is 3.33. The van der Waals surface area contributed by atoms with E-state index in [-0.39, 0.29) is 6.03 Å². The van der Waals surface area contributed by atoms with Gasteiger partial charge < -0.3 is 15.3 Å². The van der Waals surface area contributed by atoms with Crippen molar-refractivity contribution < 1.29 is 14.7 Å². The average Bonchev–Trinajstić information content (AvgIpc) is 2.21. The summed E-state index contributed by atoms with van der Waals surface area (Å²) in [5.41, 5.74) is 0. The molecule has 1 rings (SSSR count). The highest BCUT2D eigenvalue weighted by Gasteiger charge is 2.27. The van der Waals surface area contributed by atoms with Gasteiger partial charge in [-0.1, -0.05) is 13.8 Å². The van der Waals surface area contributed by atoms with Crippen LogP contribution in [0, 0.1) is 11.8 Å². The average molecular weight is 228 g/mol. The van der Waals surface area contributed by atoms with Crippen LogP contribution in [-0.4, -0.2) is 41.1 Å². The third-order valence-corrected chi connectivity index (χ3v) is 3.33. The maximum absolute atomic E-state index is 11.7. The van der Waals surface area contributed by atoms with Gasteiger partial charge in [0.05, 0.1) is 0 Å². The lowest BCUT2D eigenvalue weighted by atomic mass is 9.89. The van der Waals surface area contributed by atoms with E-state index in [1.807, 2.05) is 0 Å². The van der Waals surface area contributed by atoms with Crippen molar-refractivity contribution in [2.75, 3.05) is 13.1 Å². The predicted molar refractivity (Wildman–Crippen MR) is 60.1 cm³/mol. The Morgan fingerprint density at radius 2 is 2.00 bits per heavy atom. The molecule has 0 radical (unpaired) electrons. The van der Waals surface area contributed by atoms with Crippen LogP contribution in [0.1, 0.15) is 27.2 Å². The molecule has 1 heterocycles. The van der Waals surface area contributed by atoms with Crippen molar-refractivity contribution in [2.45, 2.75) is 33.2 Å². The largest absolute Gasteiger partial charge is 0.480 e. The number of carboxylic acid groups (broad SMARTS) is 1. The van der Waals surface area contributed by atoms with Crippen molar-refractivity contribution in [3.63, 3.8) is 0 Å². The van der Waals surface area contributed by atoms with E-state index >= 15 is 0 Å². The number of nitrogens with one attached hydrogen (secondary N) is 1. The van der Waals surface area contributed by atoms with Crippen LogP contribution in [0.25, 0.3) is 0 Å². The number of rotatable bonds is 2. The Bertz CT molecular complexity index is 280. The van der Waals surface area contributed by atoms with Gasteiger partial charge in [0.25, 0.3) is 0 Å². The lowest BCUT2D eigenvalue weighted by Crippen LogP contribution is -2.50. The Kier molecular flexibility index (Phi) is 4.15. The molecule has 0 spiro atoms. The summed E-state index contributed by atoms with van der Waals surface area (Å²) in [4.78, 5) is 24.0. The molecule has 1 saturated heterocycles. The van der Waals surface area contributed by atoms with E-state index in [1.54, 1.807) is 4.90 Å². The van der Waals surface area contributed by atoms with Crippen LogP contribution < -0.4 is 5.32 Å². The zero-order valence-corrected chi connectivity index (χ0v) is 10.1. The zero-order chi connectivity index (χ0) is 12.3. The quantitative estimate of drug-likeness (QED) is 0.744. The highest BCUT2D eigenvalue weighted by Crippen LogP contribution is 2.22.